The van der Waals surface area contributed by atoms with Crippen LogP contribution >= 0.6 is 0 Å². The quantitative estimate of drug-likeness (QED) is 0.654. The summed E-state index contributed by atoms with van der Waals surface area (Å²) in [5.74, 6) is 0.0505. The molecular formula is C15H22N6O4. The van der Waals surface area contributed by atoms with Crippen molar-refractivity contribution in [1.82, 2.24) is 29.2 Å². The number of amides is 1. The maximum absolute atomic E-state index is 12.5. The van der Waals surface area contributed by atoms with Crippen molar-refractivity contribution in [1.29, 1.82) is 0 Å². The third kappa shape index (κ3) is 4.02. The predicted octanol–water partition coefficient (Wildman–Crippen LogP) is -0.797. The van der Waals surface area contributed by atoms with Crippen LogP contribution in [0.15, 0.2) is 22.0 Å². The lowest BCUT2D eigenvalue weighted by Gasteiger charge is -2.16. The van der Waals surface area contributed by atoms with Crippen molar-refractivity contribution in [3.8, 4) is 0 Å². The maximum atomic E-state index is 12.5. The number of aryl methyl sites for hydroxylation is 1. The minimum absolute atomic E-state index is 0.00889. The van der Waals surface area contributed by atoms with Crippen molar-refractivity contribution in [2.75, 3.05) is 13.7 Å². The van der Waals surface area contributed by atoms with Gasteiger partial charge >= 0.3 is 5.69 Å². The Balaban J connectivity index is 2.18. The molecular weight excluding hydrogens is 328 g/mol. The molecule has 1 atom stereocenters. The molecule has 1 amide bonds. The fourth-order valence-corrected chi connectivity index (χ4v) is 2.44. The number of rotatable bonds is 7. The van der Waals surface area contributed by atoms with Crippen molar-refractivity contribution in [2.45, 2.75) is 25.9 Å². The van der Waals surface area contributed by atoms with Crippen LogP contribution in [0.1, 0.15) is 35.7 Å². The van der Waals surface area contributed by atoms with Gasteiger partial charge in [0.1, 0.15) is 12.0 Å². The monoisotopic (exact) mass is 350 g/mol. The number of nitrogens with one attached hydrogen (secondary N) is 1. The summed E-state index contributed by atoms with van der Waals surface area (Å²) in [6.07, 6.45) is 2.37. The highest BCUT2D eigenvalue weighted by Gasteiger charge is 2.19. The first kappa shape index (κ1) is 18.6. The van der Waals surface area contributed by atoms with E-state index in [0.717, 1.165) is 21.6 Å². The smallest absolute Gasteiger partial charge is 0.331 e. The number of methoxy groups -OCH3 is 1. The topological polar surface area (TPSA) is 113 Å². The molecule has 136 valence electrons. The van der Waals surface area contributed by atoms with Gasteiger partial charge in [-0.3, -0.25) is 18.7 Å². The molecule has 25 heavy (non-hydrogen) atoms. The zero-order valence-corrected chi connectivity index (χ0v) is 14.7. The molecule has 2 aromatic heterocycles. The van der Waals surface area contributed by atoms with E-state index in [1.165, 1.54) is 14.1 Å². The second-order valence-corrected chi connectivity index (χ2v) is 5.69. The number of hydrogen-bond donors (Lipinski definition) is 1. The molecule has 0 aliphatic rings. The lowest BCUT2D eigenvalue weighted by molar-refractivity contribution is 0.0927. The molecule has 1 N–H and O–H groups in total. The lowest BCUT2D eigenvalue weighted by atomic mass is 10.2. The second kappa shape index (κ2) is 7.88. The van der Waals surface area contributed by atoms with Crippen LogP contribution in [-0.2, 0) is 25.4 Å². The Morgan fingerprint density at radius 1 is 1.32 bits per heavy atom. The molecule has 0 radical (unpaired) electrons. The average Bonchev–Trinajstić information content (AvgIpc) is 3.05. The van der Waals surface area contributed by atoms with Crippen LogP contribution in [0.2, 0.25) is 0 Å². The predicted molar refractivity (Wildman–Crippen MR) is 89.3 cm³/mol. The van der Waals surface area contributed by atoms with E-state index in [4.69, 9.17) is 4.74 Å². The lowest BCUT2D eigenvalue weighted by Crippen LogP contribution is -2.41. The van der Waals surface area contributed by atoms with Crippen LogP contribution in [-0.4, -0.2) is 43.5 Å². The summed E-state index contributed by atoms with van der Waals surface area (Å²) >= 11 is 0. The van der Waals surface area contributed by atoms with Crippen LogP contribution < -0.4 is 16.6 Å². The first-order chi connectivity index (χ1) is 11.9. The number of carbonyl (C=O) groups excluding carboxylic acids is 1. The van der Waals surface area contributed by atoms with Gasteiger partial charge in [-0.2, -0.15) is 0 Å². The van der Waals surface area contributed by atoms with Gasteiger partial charge in [0.05, 0.1) is 6.04 Å². The summed E-state index contributed by atoms with van der Waals surface area (Å²) in [4.78, 5) is 36.2. The Kier molecular flexibility index (Phi) is 5.86. The SMILES string of the molecule is COCCCn1cnnc1C(C)NC(=O)c1cc(=O)n(C)c(=O)n1C. The Hall–Kier alpha value is -2.75. The third-order valence-electron chi connectivity index (χ3n) is 3.89. The summed E-state index contributed by atoms with van der Waals surface area (Å²) < 4.78 is 8.92. The van der Waals surface area contributed by atoms with Crippen LogP contribution in [0.4, 0.5) is 0 Å². The first-order valence-electron chi connectivity index (χ1n) is 7.81. The van der Waals surface area contributed by atoms with Crippen molar-refractivity contribution in [3.63, 3.8) is 0 Å². The molecule has 2 aromatic rings. The molecule has 1 unspecified atom stereocenters. The fraction of sp³-hybridized carbons (Fsp3) is 0.533. The number of ether oxygens (including phenoxy) is 1. The molecule has 0 aliphatic heterocycles. The number of nitrogens with zero attached hydrogens (tertiary/aromatic N) is 5. The minimum Gasteiger partial charge on any atom is -0.385 e. The number of hydrogen-bond acceptors (Lipinski definition) is 6. The van der Waals surface area contributed by atoms with Gasteiger partial charge in [-0.1, -0.05) is 0 Å². The van der Waals surface area contributed by atoms with E-state index in [0.29, 0.717) is 19.0 Å². The molecule has 10 nitrogen and oxygen atoms in total. The maximum Gasteiger partial charge on any atom is 0.331 e. The molecule has 2 heterocycles. The highest BCUT2D eigenvalue weighted by atomic mass is 16.5. The van der Waals surface area contributed by atoms with Crippen LogP contribution in [0.3, 0.4) is 0 Å². The molecule has 0 fully saturated rings. The summed E-state index contributed by atoms with van der Waals surface area (Å²) in [6, 6.07) is 0.684. The van der Waals surface area contributed by atoms with E-state index in [-0.39, 0.29) is 5.69 Å². The van der Waals surface area contributed by atoms with Gasteiger partial charge < -0.3 is 14.6 Å². The molecule has 0 aromatic carbocycles. The van der Waals surface area contributed by atoms with Gasteiger partial charge in [0.15, 0.2) is 5.82 Å². The van der Waals surface area contributed by atoms with Gasteiger partial charge in [-0.15, -0.1) is 10.2 Å². The molecule has 0 spiro atoms. The van der Waals surface area contributed by atoms with E-state index in [1.54, 1.807) is 20.4 Å². The molecule has 0 saturated carbocycles. The highest BCUT2D eigenvalue weighted by molar-refractivity contribution is 5.92. The van der Waals surface area contributed by atoms with Crippen molar-refractivity contribution < 1.29 is 9.53 Å². The number of aromatic nitrogens is 5. The molecule has 0 bridgehead atoms. The van der Waals surface area contributed by atoms with Gasteiger partial charge in [0, 0.05) is 40.4 Å². The Labute approximate surface area is 144 Å². The Morgan fingerprint density at radius 3 is 2.72 bits per heavy atom. The van der Waals surface area contributed by atoms with Gasteiger partial charge in [-0.25, -0.2) is 4.79 Å². The zero-order valence-electron chi connectivity index (χ0n) is 14.7. The average molecular weight is 350 g/mol. The summed E-state index contributed by atoms with van der Waals surface area (Å²) in [6.45, 7) is 3.02. The van der Waals surface area contributed by atoms with Gasteiger partial charge in [0.2, 0.25) is 0 Å². The van der Waals surface area contributed by atoms with Gasteiger partial charge in [0.25, 0.3) is 11.5 Å². The second-order valence-electron chi connectivity index (χ2n) is 5.69. The normalized spacial score (nSPS) is 12.2. The van der Waals surface area contributed by atoms with E-state index >= 15 is 0 Å². The molecule has 10 heteroatoms. The highest BCUT2D eigenvalue weighted by Crippen LogP contribution is 2.10. The molecule has 0 aliphatic carbocycles. The largest absolute Gasteiger partial charge is 0.385 e. The van der Waals surface area contributed by atoms with Crippen molar-refractivity contribution >= 4 is 5.91 Å². The van der Waals surface area contributed by atoms with Crippen LogP contribution in [0.25, 0.3) is 0 Å². The standard InChI is InChI=1S/C15H22N6O4/c1-10(13-18-16-9-21(13)6-5-7-25-4)17-14(23)11-8-12(22)20(3)15(24)19(11)2/h8-10H,5-7H2,1-4H3,(H,17,23). The summed E-state index contributed by atoms with van der Waals surface area (Å²) in [7, 11) is 4.43. The van der Waals surface area contributed by atoms with E-state index in [2.05, 4.69) is 15.5 Å². The van der Waals surface area contributed by atoms with Crippen molar-refractivity contribution in [3.05, 3.63) is 44.8 Å². The third-order valence-corrected chi connectivity index (χ3v) is 3.89. The molecule has 2 rings (SSSR count). The van der Waals surface area contributed by atoms with Gasteiger partial charge in [-0.05, 0) is 13.3 Å². The molecule has 0 saturated heterocycles. The number of carbonyl (C=O) groups is 1. The minimum atomic E-state index is -0.562. The Morgan fingerprint density at radius 2 is 2.04 bits per heavy atom. The van der Waals surface area contributed by atoms with E-state index in [9.17, 15) is 14.4 Å². The van der Waals surface area contributed by atoms with Crippen LogP contribution in [0, 0.1) is 0 Å². The van der Waals surface area contributed by atoms with E-state index in [1.807, 2.05) is 4.57 Å². The summed E-state index contributed by atoms with van der Waals surface area (Å²) in [5.41, 5.74) is -1.11. The van der Waals surface area contributed by atoms with Crippen LogP contribution in [0.5, 0.6) is 0 Å². The summed E-state index contributed by atoms with van der Waals surface area (Å²) in [5, 5.41) is 10.7. The fourth-order valence-electron chi connectivity index (χ4n) is 2.44. The first-order valence-corrected chi connectivity index (χ1v) is 7.81. The zero-order chi connectivity index (χ0) is 18.6. The Bertz CT molecular complexity index is 866. The van der Waals surface area contributed by atoms with Crippen molar-refractivity contribution in [2.24, 2.45) is 14.1 Å². The van der Waals surface area contributed by atoms with E-state index < -0.39 is 23.2 Å².